The summed E-state index contributed by atoms with van der Waals surface area (Å²) in [6, 6.07) is 19.1. The molecule has 1 aliphatic heterocycles. The monoisotopic (exact) mass is 446 g/mol. The number of aromatic carboxylic acids is 1. The highest BCUT2D eigenvalue weighted by molar-refractivity contribution is 6.10. The van der Waals surface area contributed by atoms with Gasteiger partial charge in [0.15, 0.2) is 0 Å². The van der Waals surface area contributed by atoms with Crippen LogP contribution in [0.15, 0.2) is 66.7 Å². The van der Waals surface area contributed by atoms with Gasteiger partial charge in [-0.3, -0.25) is 4.79 Å². The van der Waals surface area contributed by atoms with Crippen LogP contribution in [-0.2, 0) is 4.74 Å². The molecule has 2 atom stereocenters. The third kappa shape index (κ3) is 4.99. The van der Waals surface area contributed by atoms with Crippen LogP contribution in [0.3, 0.4) is 0 Å². The Morgan fingerprint density at radius 1 is 0.909 bits per heavy atom. The molecule has 0 saturated carbocycles. The normalized spacial score (nSPS) is 18.1. The quantitative estimate of drug-likeness (QED) is 0.529. The molecule has 0 aromatic heterocycles. The van der Waals surface area contributed by atoms with Gasteiger partial charge in [0.1, 0.15) is 5.75 Å². The Kier molecular flexibility index (Phi) is 6.33. The van der Waals surface area contributed by atoms with Crippen LogP contribution in [0, 0.1) is 0 Å². The van der Waals surface area contributed by atoms with E-state index in [0.717, 1.165) is 16.8 Å². The van der Waals surface area contributed by atoms with Crippen molar-refractivity contribution < 1.29 is 24.5 Å². The van der Waals surface area contributed by atoms with Crippen molar-refractivity contribution in [2.75, 3.05) is 23.3 Å². The molecule has 3 aromatic carbocycles. The van der Waals surface area contributed by atoms with Crippen LogP contribution in [0.2, 0.25) is 0 Å². The van der Waals surface area contributed by atoms with E-state index in [4.69, 9.17) is 4.74 Å². The molecule has 4 rings (SSSR count). The summed E-state index contributed by atoms with van der Waals surface area (Å²) in [5.41, 5.74) is 2.65. The lowest BCUT2D eigenvalue weighted by atomic mass is 10.0. The Balaban J connectivity index is 1.65. The van der Waals surface area contributed by atoms with Gasteiger partial charge in [-0.25, -0.2) is 4.79 Å². The number of anilines is 2. The van der Waals surface area contributed by atoms with E-state index in [9.17, 15) is 19.8 Å². The van der Waals surface area contributed by atoms with Crippen LogP contribution >= 0.6 is 0 Å². The maximum atomic E-state index is 13.1. The van der Waals surface area contributed by atoms with Crippen LogP contribution in [0.5, 0.6) is 5.75 Å². The average Bonchev–Trinajstić information content (AvgIpc) is 2.79. The Labute approximate surface area is 192 Å². The van der Waals surface area contributed by atoms with Crippen molar-refractivity contribution in [1.82, 2.24) is 0 Å². The number of carboxylic acids is 1. The van der Waals surface area contributed by atoms with Crippen molar-refractivity contribution >= 4 is 23.3 Å². The van der Waals surface area contributed by atoms with Crippen molar-refractivity contribution in [2.45, 2.75) is 26.1 Å². The summed E-state index contributed by atoms with van der Waals surface area (Å²) < 4.78 is 5.78. The molecule has 1 amide bonds. The maximum Gasteiger partial charge on any atom is 0.337 e. The highest BCUT2D eigenvalue weighted by atomic mass is 16.5. The Morgan fingerprint density at radius 2 is 1.61 bits per heavy atom. The topological polar surface area (TPSA) is 99.1 Å². The Bertz CT molecular complexity index is 1170. The zero-order valence-corrected chi connectivity index (χ0v) is 18.5. The second kappa shape index (κ2) is 9.34. The second-order valence-electron chi connectivity index (χ2n) is 8.25. The van der Waals surface area contributed by atoms with Gasteiger partial charge in [0.25, 0.3) is 5.91 Å². The largest absolute Gasteiger partial charge is 0.507 e. The summed E-state index contributed by atoms with van der Waals surface area (Å²) in [6.45, 7) is 5.31. The van der Waals surface area contributed by atoms with E-state index in [2.05, 4.69) is 10.2 Å². The smallest absolute Gasteiger partial charge is 0.337 e. The number of carbonyl (C=O) groups excluding carboxylic acids is 1. The summed E-state index contributed by atoms with van der Waals surface area (Å²) in [6.07, 6.45) is 0.0809. The molecular formula is C26H26N2O5. The zero-order chi connectivity index (χ0) is 23.5. The minimum Gasteiger partial charge on any atom is -0.507 e. The first-order valence-corrected chi connectivity index (χ1v) is 10.8. The third-order valence-electron chi connectivity index (χ3n) is 5.61. The molecule has 7 heteroatoms. The molecule has 0 bridgehead atoms. The molecule has 1 saturated heterocycles. The molecule has 1 heterocycles. The van der Waals surface area contributed by atoms with Crippen molar-refractivity contribution in [3.8, 4) is 16.9 Å². The molecule has 0 unspecified atom stereocenters. The number of carboxylic acid groups (broad SMARTS) is 1. The molecule has 0 spiro atoms. The van der Waals surface area contributed by atoms with Gasteiger partial charge in [-0.05, 0) is 55.3 Å². The van der Waals surface area contributed by atoms with E-state index in [1.54, 1.807) is 24.3 Å². The van der Waals surface area contributed by atoms with Crippen molar-refractivity contribution in [1.29, 1.82) is 0 Å². The van der Waals surface area contributed by atoms with Gasteiger partial charge in [0.2, 0.25) is 0 Å². The molecule has 0 radical (unpaired) electrons. The highest BCUT2D eigenvalue weighted by Gasteiger charge is 2.24. The fourth-order valence-corrected chi connectivity index (χ4v) is 4.13. The molecule has 3 aromatic rings. The van der Waals surface area contributed by atoms with E-state index in [1.807, 2.05) is 44.2 Å². The molecule has 1 aliphatic rings. The SMILES string of the molecule is C[C@@H]1CN(c2ccc(O)c(C(=O)Nc3cc(-c4ccccc4)ccc3C(=O)O)c2)C[C@H](C)O1. The predicted molar refractivity (Wildman–Crippen MR) is 127 cm³/mol. The summed E-state index contributed by atoms with van der Waals surface area (Å²) in [7, 11) is 0. The number of nitrogens with one attached hydrogen (secondary N) is 1. The first-order valence-electron chi connectivity index (χ1n) is 10.8. The van der Waals surface area contributed by atoms with E-state index in [-0.39, 0.29) is 34.8 Å². The number of hydrogen-bond donors (Lipinski definition) is 3. The molecule has 1 fully saturated rings. The van der Waals surface area contributed by atoms with Crippen molar-refractivity contribution in [2.24, 2.45) is 0 Å². The standard InChI is InChI=1S/C26H26N2O5/c1-16-14-28(15-17(2)33-16)20-9-11-24(29)22(13-20)25(30)27-23-12-19(8-10-21(23)26(31)32)18-6-4-3-5-7-18/h3-13,16-17,29H,14-15H2,1-2H3,(H,27,30)(H,31,32)/t16-,17+. The number of aromatic hydroxyl groups is 1. The van der Waals surface area contributed by atoms with Gasteiger partial charge in [-0.1, -0.05) is 36.4 Å². The summed E-state index contributed by atoms with van der Waals surface area (Å²) in [4.78, 5) is 27.0. The molecule has 3 N–H and O–H groups in total. The maximum absolute atomic E-state index is 13.1. The number of amides is 1. The van der Waals surface area contributed by atoms with Gasteiger partial charge in [0, 0.05) is 18.8 Å². The predicted octanol–water partition coefficient (Wildman–Crippen LogP) is 4.62. The fourth-order valence-electron chi connectivity index (χ4n) is 4.13. The number of phenolic OH excluding ortho intramolecular Hbond substituents is 1. The van der Waals surface area contributed by atoms with E-state index in [0.29, 0.717) is 13.1 Å². The van der Waals surface area contributed by atoms with Crippen LogP contribution in [-0.4, -0.2) is 47.4 Å². The van der Waals surface area contributed by atoms with Gasteiger partial charge >= 0.3 is 5.97 Å². The first kappa shape index (κ1) is 22.4. The highest BCUT2D eigenvalue weighted by Crippen LogP contribution is 2.30. The molecule has 0 aliphatic carbocycles. The third-order valence-corrected chi connectivity index (χ3v) is 5.61. The zero-order valence-electron chi connectivity index (χ0n) is 18.5. The van der Waals surface area contributed by atoms with Crippen LogP contribution in [0.1, 0.15) is 34.6 Å². The summed E-state index contributed by atoms with van der Waals surface area (Å²) in [5, 5.41) is 22.7. The number of rotatable bonds is 5. The number of nitrogens with zero attached hydrogens (tertiary/aromatic N) is 1. The average molecular weight is 447 g/mol. The second-order valence-corrected chi connectivity index (χ2v) is 8.25. The fraction of sp³-hybridized carbons (Fsp3) is 0.231. The number of carbonyl (C=O) groups is 2. The Hall–Kier alpha value is -3.84. The van der Waals surface area contributed by atoms with Gasteiger partial charge in [-0.2, -0.15) is 0 Å². The molecule has 7 nitrogen and oxygen atoms in total. The lowest BCUT2D eigenvalue weighted by molar-refractivity contribution is -0.00522. The van der Waals surface area contributed by atoms with E-state index in [1.165, 1.54) is 12.1 Å². The summed E-state index contributed by atoms with van der Waals surface area (Å²) in [5.74, 6) is -1.92. The summed E-state index contributed by atoms with van der Waals surface area (Å²) >= 11 is 0. The lowest BCUT2D eigenvalue weighted by Crippen LogP contribution is -2.45. The number of morpholine rings is 1. The van der Waals surface area contributed by atoms with Crippen molar-refractivity contribution in [3.05, 3.63) is 77.9 Å². The van der Waals surface area contributed by atoms with Gasteiger partial charge in [-0.15, -0.1) is 0 Å². The first-order chi connectivity index (χ1) is 15.8. The number of hydrogen-bond acceptors (Lipinski definition) is 5. The van der Waals surface area contributed by atoms with Crippen LogP contribution in [0.4, 0.5) is 11.4 Å². The van der Waals surface area contributed by atoms with E-state index >= 15 is 0 Å². The van der Waals surface area contributed by atoms with Crippen LogP contribution < -0.4 is 10.2 Å². The molecule has 170 valence electrons. The number of ether oxygens (including phenoxy) is 1. The van der Waals surface area contributed by atoms with Gasteiger partial charge < -0.3 is 25.2 Å². The van der Waals surface area contributed by atoms with E-state index < -0.39 is 11.9 Å². The molecular weight excluding hydrogens is 420 g/mol. The minimum atomic E-state index is -1.15. The number of benzene rings is 3. The Morgan fingerprint density at radius 3 is 2.27 bits per heavy atom. The van der Waals surface area contributed by atoms with Gasteiger partial charge in [0.05, 0.1) is 29.0 Å². The van der Waals surface area contributed by atoms with Crippen molar-refractivity contribution in [3.63, 3.8) is 0 Å². The van der Waals surface area contributed by atoms with Crippen LogP contribution in [0.25, 0.3) is 11.1 Å². The lowest BCUT2D eigenvalue weighted by Gasteiger charge is -2.37. The number of phenols is 1. The molecule has 33 heavy (non-hydrogen) atoms. The minimum absolute atomic E-state index is 0.0329.